The number of methoxy groups -OCH3 is 3. The molecule has 1 saturated carbocycles. The topological polar surface area (TPSA) is 117 Å². The van der Waals surface area contributed by atoms with E-state index in [0.29, 0.717) is 22.6 Å². The molecule has 194 valence electrons. The average molecular weight is 506 g/mol. The minimum Gasteiger partial charge on any atom is -0.504 e. The van der Waals surface area contributed by atoms with E-state index >= 15 is 0 Å². The molecule has 1 amide bonds. The second kappa shape index (κ2) is 8.97. The molecule has 0 spiro atoms. The minimum atomic E-state index is -1.95. The molecule has 5 unspecified atom stereocenters. The summed E-state index contributed by atoms with van der Waals surface area (Å²) in [5.74, 6) is -1.00. The third-order valence-electron chi connectivity index (χ3n) is 8.20. The van der Waals surface area contributed by atoms with E-state index in [4.69, 9.17) is 14.2 Å². The quantitative estimate of drug-likeness (QED) is 0.407. The molecular weight excluding hydrogens is 474 g/mol. The zero-order valence-corrected chi connectivity index (χ0v) is 21.2. The van der Waals surface area contributed by atoms with Crippen molar-refractivity contribution in [2.24, 2.45) is 5.92 Å². The van der Waals surface area contributed by atoms with Crippen LogP contribution in [0.5, 0.6) is 23.0 Å². The molecule has 8 heteroatoms. The van der Waals surface area contributed by atoms with Crippen LogP contribution in [0.1, 0.15) is 28.2 Å². The SMILES string of the molecule is CNC(=O)C1C(O)C2(O)c3c(cc(OC)cc3OC)CC2(c2ccc(OC)c(O)c2)C1c1ccccc1. The lowest BCUT2D eigenvalue weighted by molar-refractivity contribution is -0.135. The summed E-state index contributed by atoms with van der Waals surface area (Å²) in [7, 11) is 6.01. The second-order valence-electron chi connectivity index (χ2n) is 9.64. The van der Waals surface area contributed by atoms with Gasteiger partial charge in [-0.3, -0.25) is 4.79 Å². The second-order valence-corrected chi connectivity index (χ2v) is 9.64. The number of amides is 1. The molecule has 2 aliphatic rings. The maximum absolute atomic E-state index is 13.4. The van der Waals surface area contributed by atoms with Gasteiger partial charge in [-0.2, -0.15) is 0 Å². The summed E-state index contributed by atoms with van der Waals surface area (Å²) in [5, 5.41) is 38.3. The number of aliphatic hydroxyl groups is 2. The Hall–Kier alpha value is -3.75. The van der Waals surface area contributed by atoms with Crippen molar-refractivity contribution >= 4 is 5.91 Å². The van der Waals surface area contributed by atoms with Crippen LogP contribution in [0.2, 0.25) is 0 Å². The molecule has 1 fully saturated rings. The fourth-order valence-corrected chi connectivity index (χ4v) is 6.74. The van der Waals surface area contributed by atoms with E-state index in [2.05, 4.69) is 5.32 Å². The van der Waals surface area contributed by atoms with Crippen LogP contribution in [0.3, 0.4) is 0 Å². The monoisotopic (exact) mass is 505 g/mol. The summed E-state index contributed by atoms with van der Waals surface area (Å²) in [6, 6.07) is 17.8. The zero-order chi connectivity index (χ0) is 26.5. The van der Waals surface area contributed by atoms with Gasteiger partial charge in [0.05, 0.1) is 27.2 Å². The van der Waals surface area contributed by atoms with E-state index in [0.717, 1.165) is 11.1 Å². The van der Waals surface area contributed by atoms with Gasteiger partial charge in [0.25, 0.3) is 0 Å². The molecule has 2 aliphatic carbocycles. The molecule has 0 aromatic heterocycles. The van der Waals surface area contributed by atoms with Crippen molar-refractivity contribution in [2.45, 2.75) is 29.5 Å². The van der Waals surface area contributed by atoms with Crippen LogP contribution in [-0.4, -0.2) is 55.7 Å². The molecule has 5 rings (SSSR count). The highest BCUT2D eigenvalue weighted by molar-refractivity contribution is 5.83. The molecule has 0 radical (unpaired) electrons. The number of carbonyl (C=O) groups excluding carboxylic acids is 1. The Labute approximate surface area is 215 Å². The van der Waals surface area contributed by atoms with Crippen LogP contribution in [0, 0.1) is 5.92 Å². The standard InChI is InChI=1S/C29H31NO7/c1-30-27(33)23-25(16-8-6-5-7-9-16)28(18-10-11-21(36-3)20(31)13-18)15-17-12-19(35-2)14-22(37-4)24(17)29(28,34)26(23)32/h5-14,23,25-26,31-32,34H,15H2,1-4H3,(H,30,33). The number of hydrogen-bond acceptors (Lipinski definition) is 7. The van der Waals surface area contributed by atoms with Gasteiger partial charge in [-0.05, 0) is 41.3 Å². The Morgan fingerprint density at radius 2 is 1.68 bits per heavy atom. The van der Waals surface area contributed by atoms with E-state index in [-0.39, 0.29) is 17.9 Å². The Bertz CT molecular complexity index is 1340. The average Bonchev–Trinajstić information content (AvgIpc) is 3.30. The van der Waals surface area contributed by atoms with Gasteiger partial charge in [-0.15, -0.1) is 0 Å². The van der Waals surface area contributed by atoms with Crippen LogP contribution < -0.4 is 19.5 Å². The van der Waals surface area contributed by atoms with Gasteiger partial charge in [0, 0.05) is 30.0 Å². The molecule has 0 heterocycles. The summed E-state index contributed by atoms with van der Waals surface area (Å²) in [5.41, 5.74) is -0.727. The number of ether oxygens (including phenoxy) is 3. The molecule has 0 saturated heterocycles. The van der Waals surface area contributed by atoms with E-state index < -0.39 is 34.9 Å². The molecule has 3 aromatic rings. The smallest absolute Gasteiger partial charge is 0.226 e. The summed E-state index contributed by atoms with van der Waals surface area (Å²) < 4.78 is 16.5. The van der Waals surface area contributed by atoms with Gasteiger partial charge in [0.15, 0.2) is 11.5 Å². The van der Waals surface area contributed by atoms with Crippen LogP contribution in [0.25, 0.3) is 0 Å². The lowest BCUT2D eigenvalue weighted by Gasteiger charge is -2.43. The summed E-state index contributed by atoms with van der Waals surface area (Å²) >= 11 is 0. The van der Waals surface area contributed by atoms with Gasteiger partial charge in [-0.25, -0.2) is 0 Å². The fourth-order valence-electron chi connectivity index (χ4n) is 6.74. The predicted molar refractivity (Wildman–Crippen MR) is 136 cm³/mol. The first-order valence-electron chi connectivity index (χ1n) is 12.1. The number of carbonyl (C=O) groups is 1. The van der Waals surface area contributed by atoms with Gasteiger partial charge in [0.1, 0.15) is 23.2 Å². The van der Waals surface area contributed by atoms with Gasteiger partial charge >= 0.3 is 0 Å². The molecule has 4 N–H and O–H groups in total. The first-order valence-corrected chi connectivity index (χ1v) is 12.1. The van der Waals surface area contributed by atoms with Crippen molar-refractivity contribution < 1.29 is 34.3 Å². The highest BCUT2D eigenvalue weighted by Crippen LogP contribution is 2.70. The van der Waals surface area contributed by atoms with Crippen molar-refractivity contribution in [1.82, 2.24) is 5.32 Å². The van der Waals surface area contributed by atoms with E-state index in [1.54, 1.807) is 31.4 Å². The number of hydrogen-bond donors (Lipinski definition) is 4. The van der Waals surface area contributed by atoms with Crippen LogP contribution in [0.15, 0.2) is 60.7 Å². The third kappa shape index (κ3) is 3.25. The van der Waals surface area contributed by atoms with Gasteiger partial charge in [-0.1, -0.05) is 36.4 Å². The zero-order valence-electron chi connectivity index (χ0n) is 21.2. The van der Waals surface area contributed by atoms with Crippen LogP contribution >= 0.6 is 0 Å². The van der Waals surface area contributed by atoms with Gasteiger partial charge in [0.2, 0.25) is 5.91 Å². The maximum Gasteiger partial charge on any atom is 0.226 e. The van der Waals surface area contributed by atoms with Crippen molar-refractivity contribution in [2.75, 3.05) is 28.4 Å². The number of aromatic hydroxyl groups is 1. The number of benzene rings is 3. The number of aliphatic hydroxyl groups excluding tert-OH is 1. The third-order valence-corrected chi connectivity index (χ3v) is 8.20. The maximum atomic E-state index is 13.4. The van der Waals surface area contributed by atoms with Crippen LogP contribution in [-0.2, 0) is 22.2 Å². The van der Waals surface area contributed by atoms with Crippen molar-refractivity contribution in [1.29, 1.82) is 0 Å². The largest absolute Gasteiger partial charge is 0.504 e. The molecule has 37 heavy (non-hydrogen) atoms. The number of rotatable bonds is 6. The highest BCUT2D eigenvalue weighted by atomic mass is 16.5. The minimum absolute atomic E-state index is 0.109. The van der Waals surface area contributed by atoms with E-state index in [1.807, 2.05) is 36.4 Å². The molecule has 8 nitrogen and oxygen atoms in total. The Kier molecular flexibility index (Phi) is 6.04. The van der Waals surface area contributed by atoms with E-state index in [1.165, 1.54) is 21.3 Å². The Morgan fingerprint density at radius 1 is 0.973 bits per heavy atom. The van der Waals surface area contributed by atoms with E-state index in [9.17, 15) is 20.1 Å². The predicted octanol–water partition coefficient (Wildman–Crippen LogP) is 2.62. The lowest BCUT2D eigenvalue weighted by Crippen LogP contribution is -2.50. The molecule has 0 aliphatic heterocycles. The highest BCUT2D eigenvalue weighted by Gasteiger charge is 2.75. The van der Waals surface area contributed by atoms with Crippen molar-refractivity contribution in [3.05, 3.63) is 82.9 Å². The fraction of sp³-hybridized carbons (Fsp3) is 0.345. The number of phenols is 1. The molecule has 5 atom stereocenters. The lowest BCUT2D eigenvalue weighted by atomic mass is 9.62. The summed E-state index contributed by atoms with van der Waals surface area (Å²) in [6.45, 7) is 0. The van der Waals surface area contributed by atoms with Crippen molar-refractivity contribution in [3.63, 3.8) is 0 Å². The number of phenolic OH excluding ortho intramolecular Hbond substituents is 1. The first kappa shape index (κ1) is 24.9. The Balaban J connectivity index is 1.90. The number of nitrogens with one attached hydrogen (secondary N) is 1. The number of fused-ring (bicyclic) bond motifs is 3. The summed E-state index contributed by atoms with van der Waals surface area (Å²) in [6.07, 6.45) is -1.24. The summed E-state index contributed by atoms with van der Waals surface area (Å²) in [4.78, 5) is 13.4. The molecule has 3 aromatic carbocycles. The molecule has 0 bridgehead atoms. The molecular formula is C29H31NO7. The van der Waals surface area contributed by atoms with Gasteiger partial charge < -0.3 is 34.8 Å². The first-order chi connectivity index (χ1) is 17.8. The normalized spacial score (nSPS) is 27.8. The Morgan fingerprint density at radius 3 is 2.27 bits per heavy atom. The van der Waals surface area contributed by atoms with Crippen LogP contribution in [0.4, 0.5) is 0 Å². The van der Waals surface area contributed by atoms with Crippen molar-refractivity contribution in [3.8, 4) is 23.0 Å².